The molecule has 0 aromatic heterocycles. The van der Waals surface area contributed by atoms with Gasteiger partial charge in [-0.25, -0.2) is 4.39 Å². The topological polar surface area (TPSA) is 69.7 Å². The molecule has 0 spiro atoms. The Kier molecular flexibility index (Phi) is 5.06. The zero-order chi connectivity index (χ0) is 18.1. The number of hydrogen-bond acceptors (Lipinski definition) is 5. The Balaban J connectivity index is 2.33. The largest absolute Gasteiger partial charge is 0.465 e. The minimum atomic E-state index is -1.14. The Morgan fingerprint density at radius 1 is 1.29 bits per heavy atom. The normalized spacial score (nSPS) is 23.5. The summed E-state index contributed by atoms with van der Waals surface area (Å²) in [5.41, 5.74) is -0.662. The summed E-state index contributed by atoms with van der Waals surface area (Å²) in [5.74, 6) is -4.56. The second-order valence-corrected chi connectivity index (χ2v) is 6.44. The highest BCUT2D eigenvalue weighted by molar-refractivity contribution is 6.01. The lowest BCUT2D eigenvalue weighted by Crippen LogP contribution is -2.41. The average Bonchev–Trinajstić information content (AvgIpc) is 2.75. The molecule has 6 heteroatoms. The van der Waals surface area contributed by atoms with Crippen LogP contribution in [0, 0.1) is 23.6 Å². The van der Waals surface area contributed by atoms with E-state index in [4.69, 9.17) is 9.47 Å². The fourth-order valence-electron chi connectivity index (χ4n) is 3.34. The standard InChI is InChI=1S/C18H21FO5/c1-5-23-16(21)13-14(18(3,4)24-17(13)22)10(2)15(20)11-6-8-12(19)9-7-11/h6-10,13-14H,5H2,1-4H3/t10-,13+,14-/m1/s1. The van der Waals surface area contributed by atoms with Crippen LogP contribution < -0.4 is 0 Å². The Morgan fingerprint density at radius 3 is 2.42 bits per heavy atom. The van der Waals surface area contributed by atoms with E-state index in [1.54, 1.807) is 27.7 Å². The molecule has 1 aromatic carbocycles. The number of carbonyl (C=O) groups excluding carboxylic acids is 3. The predicted molar refractivity (Wildman–Crippen MR) is 83.7 cm³/mol. The lowest BCUT2D eigenvalue weighted by molar-refractivity contribution is -0.157. The van der Waals surface area contributed by atoms with Crippen LogP contribution in [0.25, 0.3) is 0 Å². The summed E-state index contributed by atoms with van der Waals surface area (Å²) < 4.78 is 23.3. The molecular formula is C18H21FO5. The number of carbonyl (C=O) groups is 3. The number of cyclic esters (lactones) is 1. The summed E-state index contributed by atoms with van der Waals surface area (Å²) in [4.78, 5) is 37.0. The lowest BCUT2D eigenvalue weighted by Gasteiger charge is -2.30. The van der Waals surface area contributed by atoms with Gasteiger partial charge in [-0.05, 0) is 45.0 Å². The van der Waals surface area contributed by atoms with Crippen molar-refractivity contribution < 1.29 is 28.2 Å². The van der Waals surface area contributed by atoms with Gasteiger partial charge in [-0.2, -0.15) is 0 Å². The molecule has 24 heavy (non-hydrogen) atoms. The third-order valence-electron chi connectivity index (χ3n) is 4.40. The molecule has 1 fully saturated rings. The van der Waals surface area contributed by atoms with E-state index in [-0.39, 0.29) is 12.4 Å². The summed E-state index contributed by atoms with van der Waals surface area (Å²) in [6.07, 6.45) is 0. The van der Waals surface area contributed by atoms with E-state index in [1.165, 1.54) is 24.3 Å². The van der Waals surface area contributed by atoms with E-state index in [9.17, 15) is 18.8 Å². The minimum absolute atomic E-state index is 0.135. The number of esters is 2. The molecule has 1 aliphatic heterocycles. The molecule has 0 radical (unpaired) electrons. The molecule has 0 saturated carbocycles. The van der Waals surface area contributed by atoms with Crippen molar-refractivity contribution in [1.82, 2.24) is 0 Å². The van der Waals surface area contributed by atoms with E-state index in [0.717, 1.165) is 0 Å². The fourth-order valence-corrected chi connectivity index (χ4v) is 3.34. The maximum absolute atomic E-state index is 13.0. The van der Waals surface area contributed by atoms with E-state index >= 15 is 0 Å². The van der Waals surface area contributed by atoms with Crippen LogP contribution >= 0.6 is 0 Å². The molecule has 1 heterocycles. The Bertz CT molecular complexity index is 650. The number of rotatable bonds is 5. The number of benzene rings is 1. The first-order valence-corrected chi connectivity index (χ1v) is 7.88. The third-order valence-corrected chi connectivity index (χ3v) is 4.40. The molecule has 130 valence electrons. The number of Topliss-reactive ketones (excluding diaryl/α,β-unsaturated/α-hetero) is 1. The van der Waals surface area contributed by atoms with Gasteiger partial charge in [0.1, 0.15) is 11.4 Å². The molecule has 1 aliphatic rings. The van der Waals surface area contributed by atoms with Crippen LogP contribution in [0.3, 0.4) is 0 Å². The second-order valence-electron chi connectivity index (χ2n) is 6.44. The average molecular weight is 336 g/mol. The number of ether oxygens (including phenoxy) is 2. The van der Waals surface area contributed by atoms with Gasteiger partial charge in [0.2, 0.25) is 0 Å². The summed E-state index contributed by atoms with van der Waals surface area (Å²) in [6, 6.07) is 5.17. The smallest absolute Gasteiger partial charge is 0.321 e. The molecule has 0 aliphatic carbocycles. The van der Waals surface area contributed by atoms with Crippen LogP contribution in [-0.4, -0.2) is 29.9 Å². The minimum Gasteiger partial charge on any atom is -0.465 e. The van der Waals surface area contributed by atoms with Gasteiger partial charge in [0.25, 0.3) is 0 Å². The van der Waals surface area contributed by atoms with Crippen molar-refractivity contribution in [3.05, 3.63) is 35.6 Å². The van der Waals surface area contributed by atoms with Crippen molar-refractivity contribution in [2.75, 3.05) is 6.61 Å². The van der Waals surface area contributed by atoms with Crippen LogP contribution in [0.15, 0.2) is 24.3 Å². The Morgan fingerprint density at radius 2 is 1.88 bits per heavy atom. The molecule has 1 saturated heterocycles. The molecular weight excluding hydrogens is 315 g/mol. The second kappa shape index (κ2) is 6.71. The summed E-state index contributed by atoms with van der Waals surface area (Å²) in [5, 5.41) is 0. The third kappa shape index (κ3) is 3.32. The van der Waals surface area contributed by atoms with E-state index in [2.05, 4.69) is 0 Å². The first-order valence-electron chi connectivity index (χ1n) is 7.88. The highest BCUT2D eigenvalue weighted by Gasteiger charge is 2.57. The first kappa shape index (κ1) is 18.1. The maximum atomic E-state index is 13.0. The lowest BCUT2D eigenvalue weighted by atomic mass is 9.72. The van der Waals surface area contributed by atoms with Crippen molar-refractivity contribution in [2.45, 2.75) is 33.3 Å². The molecule has 1 aromatic rings. The van der Waals surface area contributed by atoms with Crippen LogP contribution in [0.4, 0.5) is 4.39 Å². The fraction of sp³-hybridized carbons (Fsp3) is 0.500. The summed E-state index contributed by atoms with van der Waals surface area (Å²) >= 11 is 0. The predicted octanol–water partition coefficient (Wildman–Crippen LogP) is 2.78. The van der Waals surface area contributed by atoms with Gasteiger partial charge in [-0.3, -0.25) is 14.4 Å². The van der Waals surface area contributed by atoms with Crippen LogP contribution in [0.2, 0.25) is 0 Å². The molecule has 3 atom stereocenters. The number of halogens is 1. The first-order chi connectivity index (χ1) is 11.2. The summed E-state index contributed by atoms with van der Waals surface area (Å²) in [7, 11) is 0. The van der Waals surface area contributed by atoms with Crippen LogP contribution in [0.1, 0.15) is 38.1 Å². The van der Waals surface area contributed by atoms with Gasteiger partial charge >= 0.3 is 11.9 Å². The monoisotopic (exact) mass is 336 g/mol. The van der Waals surface area contributed by atoms with Gasteiger partial charge in [0.15, 0.2) is 11.7 Å². The molecule has 2 rings (SSSR count). The zero-order valence-electron chi connectivity index (χ0n) is 14.2. The molecule has 0 unspecified atom stereocenters. The van der Waals surface area contributed by atoms with E-state index < -0.39 is 41.1 Å². The van der Waals surface area contributed by atoms with Gasteiger partial charge < -0.3 is 9.47 Å². The van der Waals surface area contributed by atoms with Crippen molar-refractivity contribution in [3.8, 4) is 0 Å². The number of hydrogen-bond donors (Lipinski definition) is 0. The quantitative estimate of drug-likeness (QED) is 0.470. The van der Waals surface area contributed by atoms with Gasteiger partial charge in [-0.15, -0.1) is 0 Å². The Labute approximate surface area is 140 Å². The van der Waals surface area contributed by atoms with Crippen molar-refractivity contribution in [3.63, 3.8) is 0 Å². The summed E-state index contributed by atoms with van der Waals surface area (Å²) in [6.45, 7) is 6.76. The van der Waals surface area contributed by atoms with Gasteiger partial charge in [0.05, 0.1) is 6.61 Å². The SMILES string of the molecule is CCOC(=O)[C@H]1C(=O)OC(C)(C)[C@@H]1[C@@H](C)C(=O)c1ccc(F)cc1. The van der Waals surface area contributed by atoms with Crippen LogP contribution in [0.5, 0.6) is 0 Å². The van der Waals surface area contributed by atoms with Crippen molar-refractivity contribution >= 4 is 17.7 Å². The van der Waals surface area contributed by atoms with Crippen molar-refractivity contribution in [2.24, 2.45) is 17.8 Å². The maximum Gasteiger partial charge on any atom is 0.321 e. The number of ketones is 1. The van der Waals surface area contributed by atoms with E-state index in [1.807, 2.05) is 0 Å². The zero-order valence-corrected chi connectivity index (χ0v) is 14.2. The van der Waals surface area contributed by atoms with Gasteiger partial charge in [-0.1, -0.05) is 6.92 Å². The molecule has 5 nitrogen and oxygen atoms in total. The van der Waals surface area contributed by atoms with Crippen molar-refractivity contribution in [1.29, 1.82) is 0 Å². The molecule has 0 amide bonds. The van der Waals surface area contributed by atoms with Gasteiger partial charge in [0, 0.05) is 17.4 Å². The Hall–Kier alpha value is -2.24. The van der Waals surface area contributed by atoms with Crippen LogP contribution in [-0.2, 0) is 19.1 Å². The van der Waals surface area contributed by atoms with E-state index in [0.29, 0.717) is 5.56 Å². The molecule has 0 N–H and O–H groups in total. The molecule has 0 bridgehead atoms. The highest BCUT2D eigenvalue weighted by atomic mass is 19.1. The highest BCUT2D eigenvalue weighted by Crippen LogP contribution is 2.43.